The third-order valence-electron chi connectivity index (χ3n) is 2.73. The lowest BCUT2D eigenvalue weighted by atomic mass is 10.2. The van der Waals surface area contributed by atoms with E-state index in [1.807, 2.05) is 0 Å². The van der Waals surface area contributed by atoms with Crippen molar-refractivity contribution < 1.29 is 14.1 Å². The Morgan fingerprint density at radius 2 is 1.87 bits per heavy atom. The van der Waals surface area contributed by atoms with Gasteiger partial charge in [-0.1, -0.05) is 11.6 Å². The van der Waals surface area contributed by atoms with Gasteiger partial charge in [-0.2, -0.15) is 0 Å². The smallest absolute Gasteiger partial charge is 0.288 e. The van der Waals surface area contributed by atoms with Crippen LogP contribution in [0.5, 0.6) is 0 Å². The van der Waals surface area contributed by atoms with E-state index in [9.17, 15) is 19.3 Å². The predicted molar refractivity (Wildman–Crippen MR) is 88.2 cm³/mol. The van der Waals surface area contributed by atoms with Crippen molar-refractivity contribution in [3.05, 3.63) is 69.0 Å². The number of carbonyl (C=O) groups excluding carboxylic acids is 1. The van der Waals surface area contributed by atoms with Crippen molar-refractivity contribution in [2.75, 3.05) is 5.32 Å². The molecule has 0 unspecified atom stereocenters. The number of amides is 1. The van der Waals surface area contributed by atoms with E-state index in [1.165, 1.54) is 36.4 Å². The molecular formula is C14H9ClFN3O3S. The number of hydrogen-bond donors (Lipinski definition) is 2. The Morgan fingerprint density at radius 3 is 2.48 bits per heavy atom. The van der Waals surface area contributed by atoms with E-state index in [-0.39, 0.29) is 21.4 Å². The fourth-order valence-electron chi connectivity index (χ4n) is 1.66. The third-order valence-corrected chi connectivity index (χ3v) is 3.26. The molecule has 9 heteroatoms. The number of hydrogen-bond acceptors (Lipinski definition) is 4. The third kappa shape index (κ3) is 4.44. The van der Waals surface area contributed by atoms with E-state index >= 15 is 0 Å². The van der Waals surface area contributed by atoms with Gasteiger partial charge in [-0.15, -0.1) is 0 Å². The molecule has 2 rings (SSSR count). The average molecular weight is 354 g/mol. The zero-order valence-electron chi connectivity index (χ0n) is 11.4. The zero-order chi connectivity index (χ0) is 17.0. The highest BCUT2D eigenvalue weighted by molar-refractivity contribution is 7.80. The molecule has 118 valence electrons. The van der Waals surface area contributed by atoms with Gasteiger partial charge in [0, 0.05) is 17.3 Å². The highest BCUT2D eigenvalue weighted by Gasteiger charge is 2.16. The van der Waals surface area contributed by atoms with Crippen LogP contribution in [0.1, 0.15) is 10.4 Å². The number of nitrogens with zero attached hydrogens (tertiary/aromatic N) is 1. The van der Waals surface area contributed by atoms with E-state index in [1.54, 1.807) is 0 Å². The van der Waals surface area contributed by atoms with Crippen LogP contribution in [0.25, 0.3) is 0 Å². The number of benzene rings is 2. The fourth-order valence-corrected chi connectivity index (χ4v) is 2.06. The average Bonchev–Trinajstić information content (AvgIpc) is 2.49. The van der Waals surface area contributed by atoms with Crippen molar-refractivity contribution in [3.8, 4) is 0 Å². The SMILES string of the molecule is O=C(NC(=S)Nc1ccc(F)cc1)c1ccc(Cl)c([N+](=O)[O-])c1. The molecule has 2 N–H and O–H groups in total. The maximum atomic E-state index is 12.8. The van der Waals surface area contributed by atoms with Gasteiger partial charge in [-0.25, -0.2) is 4.39 Å². The van der Waals surface area contributed by atoms with Crippen molar-refractivity contribution in [1.29, 1.82) is 0 Å². The summed E-state index contributed by atoms with van der Waals surface area (Å²) in [5, 5.41) is 15.8. The molecule has 2 aromatic rings. The lowest BCUT2D eigenvalue weighted by Gasteiger charge is -2.09. The lowest BCUT2D eigenvalue weighted by molar-refractivity contribution is -0.384. The van der Waals surface area contributed by atoms with Crippen molar-refractivity contribution in [2.24, 2.45) is 0 Å². The van der Waals surface area contributed by atoms with Gasteiger partial charge in [0.1, 0.15) is 10.8 Å². The molecule has 0 bridgehead atoms. The van der Waals surface area contributed by atoms with Crippen molar-refractivity contribution in [3.63, 3.8) is 0 Å². The van der Waals surface area contributed by atoms with Crippen molar-refractivity contribution in [1.82, 2.24) is 5.32 Å². The summed E-state index contributed by atoms with van der Waals surface area (Å²) in [5.41, 5.74) is 0.139. The van der Waals surface area contributed by atoms with Gasteiger partial charge in [0.05, 0.1) is 4.92 Å². The summed E-state index contributed by atoms with van der Waals surface area (Å²) in [6, 6.07) is 9.00. The van der Waals surface area contributed by atoms with Gasteiger partial charge in [-0.05, 0) is 48.6 Å². The van der Waals surface area contributed by atoms with Gasteiger partial charge in [-0.3, -0.25) is 20.2 Å². The highest BCUT2D eigenvalue weighted by atomic mass is 35.5. The topological polar surface area (TPSA) is 84.3 Å². The van der Waals surface area contributed by atoms with Gasteiger partial charge in [0.2, 0.25) is 0 Å². The first-order valence-corrected chi connectivity index (χ1v) is 6.97. The number of rotatable bonds is 3. The summed E-state index contributed by atoms with van der Waals surface area (Å²) in [7, 11) is 0. The molecule has 1 amide bonds. The zero-order valence-corrected chi connectivity index (χ0v) is 13.0. The van der Waals surface area contributed by atoms with Crippen LogP contribution in [0, 0.1) is 15.9 Å². The first-order valence-electron chi connectivity index (χ1n) is 6.18. The van der Waals surface area contributed by atoms with Crippen molar-refractivity contribution >= 4 is 46.2 Å². The number of anilines is 1. The van der Waals surface area contributed by atoms with Crippen molar-refractivity contribution in [2.45, 2.75) is 0 Å². The maximum absolute atomic E-state index is 12.8. The minimum Gasteiger partial charge on any atom is -0.332 e. The molecule has 0 radical (unpaired) electrons. The quantitative estimate of drug-likeness (QED) is 0.501. The van der Waals surface area contributed by atoms with Gasteiger partial charge in [0.15, 0.2) is 5.11 Å². The van der Waals surface area contributed by atoms with Crippen LogP contribution in [0.3, 0.4) is 0 Å². The van der Waals surface area contributed by atoms with Crippen LogP contribution in [-0.2, 0) is 0 Å². The predicted octanol–water partition coefficient (Wildman–Crippen LogP) is 3.51. The second-order valence-corrected chi connectivity index (χ2v) is 5.15. The summed E-state index contributed by atoms with van der Waals surface area (Å²) >= 11 is 10.6. The number of nitrogens with one attached hydrogen (secondary N) is 2. The molecule has 0 aliphatic rings. The Kier molecular flexibility index (Phi) is 5.20. The van der Waals surface area contributed by atoms with Gasteiger partial charge >= 0.3 is 0 Å². The molecule has 0 heterocycles. The molecule has 0 atom stereocenters. The van der Waals surface area contributed by atoms with E-state index < -0.39 is 16.6 Å². The number of nitro benzene ring substituents is 1. The first-order chi connectivity index (χ1) is 10.9. The van der Waals surface area contributed by atoms with E-state index in [0.717, 1.165) is 6.07 Å². The lowest BCUT2D eigenvalue weighted by Crippen LogP contribution is -2.34. The number of thiocarbonyl (C=S) groups is 1. The molecule has 0 aromatic heterocycles. The van der Waals surface area contributed by atoms with Crippen LogP contribution in [0.2, 0.25) is 5.02 Å². The van der Waals surface area contributed by atoms with E-state index in [4.69, 9.17) is 23.8 Å². The second-order valence-electron chi connectivity index (χ2n) is 4.34. The molecular weight excluding hydrogens is 345 g/mol. The summed E-state index contributed by atoms with van der Waals surface area (Å²) in [6.45, 7) is 0. The molecule has 0 spiro atoms. The standard InChI is InChI=1S/C14H9ClFN3O3S/c15-11-6-1-8(7-12(11)19(21)22)13(20)18-14(23)17-10-4-2-9(16)3-5-10/h1-7H,(H2,17,18,20,23). The first kappa shape index (κ1) is 16.8. The Bertz CT molecular complexity index is 783. The summed E-state index contributed by atoms with van der Waals surface area (Å²) in [4.78, 5) is 22.1. The van der Waals surface area contributed by atoms with Crippen LogP contribution in [0.4, 0.5) is 15.8 Å². The molecule has 0 fully saturated rings. The van der Waals surface area contributed by atoms with E-state index in [0.29, 0.717) is 5.69 Å². The summed E-state index contributed by atoms with van der Waals surface area (Å²) < 4.78 is 12.8. The van der Waals surface area contributed by atoms with Crippen LogP contribution < -0.4 is 10.6 Å². The number of carbonyl (C=O) groups is 1. The molecule has 0 aliphatic carbocycles. The fraction of sp³-hybridized carbons (Fsp3) is 0. The summed E-state index contributed by atoms with van der Waals surface area (Å²) in [5.74, 6) is -1.04. The Hall–Kier alpha value is -2.58. The van der Waals surface area contributed by atoms with Crippen LogP contribution >= 0.6 is 23.8 Å². The number of halogens is 2. The summed E-state index contributed by atoms with van der Waals surface area (Å²) in [6.07, 6.45) is 0. The largest absolute Gasteiger partial charge is 0.332 e. The second kappa shape index (κ2) is 7.12. The monoisotopic (exact) mass is 353 g/mol. The maximum Gasteiger partial charge on any atom is 0.288 e. The minimum atomic E-state index is -0.686. The van der Waals surface area contributed by atoms with Gasteiger partial charge in [0.25, 0.3) is 11.6 Å². The molecule has 0 saturated heterocycles. The van der Waals surface area contributed by atoms with Gasteiger partial charge < -0.3 is 5.32 Å². The molecule has 6 nitrogen and oxygen atoms in total. The Morgan fingerprint density at radius 1 is 1.22 bits per heavy atom. The van der Waals surface area contributed by atoms with Crippen LogP contribution in [-0.4, -0.2) is 15.9 Å². The molecule has 23 heavy (non-hydrogen) atoms. The minimum absolute atomic E-state index is 0.0285. The Labute approximate surface area is 140 Å². The Balaban J connectivity index is 2.06. The van der Waals surface area contributed by atoms with Crippen LogP contribution in [0.15, 0.2) is 42.5 Å². The van der Waals surface area contributed by atoms with E-state index in [2.05, 4.69) is 10.6 Å². The molecule has 2 aromatic carbocycles. The number of nitro groups is 1. The highest BCUT2D eigenvalue weighted by Crippen LogP contribution is 2.25. The molecule has 0 aliphatic heterocycles. The molecule has 0 saturated carbocycles. The normalized spacial score (nSPS) is 10.0.